The molecule has 2 N–H and O–H groups in total. The number of carbonyl (C=O) groups is 2. The fourth-order valence-corrected chi connectivity index (χ4v) is 3.38. The van der Waals surface area contributed by atoms with E-state index in [0.29, 0.717) is 23.0 Å². The van der Waals surface area contributed by atoms with Gasteiger partial charge in [-0.05, 0) is 54.2 Å². The van der Waals surface area contributed by atoms with Crippen molar-refractivity contribution < 1.29 is 9.59 Å². The molecule has 0 heterocycles. The van der Waals surface area contributed by atoms with Gasteiger partial charge in [0.1, 0.15) is 0 Å². The van der Waals surface area contributed by atoms with Crippen molar-refractivity contribution in [2.75, 3.05) is 5.32 Å². The molecule has 0 saturated heterocycles. The molecule has 1 aliphatic rings. The molecule has 0 bridgehead atoms. The molecule has 1 aliphatic carbocycles. The van der Waals surface area contributed by atoms with E-state index in [1.807, 2.05) is 43.3 Å². The lowest BCUT2D eigenvalue weighted by Crippen LogP contribution is -2.24. The van der Waals surface area contributed by atoms with Crippen LogP contribution in [0.15, 0.2) is 42.5 Å². The van der Waals surface area contributed by atoms with Gasteiger partial charge in [0.2, 0.25) is 11.8 Å². The first-order valence-corrected chi connectivity index (χ1v) is 9.85. The highest BCUT2D eigenvalue weighted by atomic mass is 35.5. The molecule has 2 aromatic rings. The van der Waals surface area contributed by atoms with E-state index in [4.69, 9.17) is 23.2 Å². The molecule has 2 unspecified atom stereocenters. The third kappa shape index (κ3) is 5.24. The first-order valence-electron chi connectivity index (χ1n) is 9.09. The largest absolute Gasteiger partial charge is 0.352 e. The van der Waals surface area contributed by atoms with Crippen LogP contribution in [0.1, 0.15) is 43.2 Å². The Labute approximate surface area is 169 Å². The Morgan fingerprint density at radius 2 is 1.81 bits per heavy atom. The number of carbonyl (C=O) groups excluding carboxylic acids is 2. The summed E-state index contributed by atoms with van der Waals surface area (Å²) in [5.41, 5.74) is 2.81. The monoisotopic (exact) mass is 404 g/mol. The molecule has 0 aromatic heterocycles. The van der Waals surface area contributed by atoms with Crippen LogP contribution in [0.25, 0.3) is 0 Å². The van der Waals surface area contributed by atoms with Crippen molar-refractivity contribution in [1.29, 1.82) is 0 Å². The smallest absolute Gasteiger partial charge is 0.224 e. The van der Waals surface area contributed by atoms with Crippen LogP contribution in [0, 0.1) is 5.92 Å². The van der Waals surface area contributed by atoms with Gasteiger partial charge in [-0.25, -0.2) is 0 Å². The molecule has 1 fully saturated rings. The van der Waals surface area contributed by atoms with E-state index < -0.39 is 0 Å². The van der Waals surface area contributed by atoms with Crippen molar-refractivity contribution in [3.05, 3.63) is 63.6 Å². The number of amides is 2. The van der Waals surface area contributed by atoms with Gasteiger partial charge in [0, 0.05) is 24.6 Å². The highest BCUT2D eigenvalue weighted by Crippen LogP contribution is 2.48. The van der Waals surface area contributed by atoms with E-state index >= 15 is 0 Å². The van der Waals surface area contributed by atoms with Gasteiger partial charge < -0.3 is 10.6 Å². The SMILES string of the molecule is CCCC(=O)Nc1ccc(CNC(=O)C2CC2c2ccc(Cl)c(Cl)c2)cc1. The summed E-state index contributed by atoms with van der Waals surface area (Å²) in [7, 11) is 0. The van der Waals surface area contributed by atoms with Gasteiger partial charge in [-0.2, -0.15) is 0 Å². The van der Waals surface area contributed by atoms with Crippen molar-refractivity contribution >= 4 is 40.7 Å². The predicted molar refractivity (Wildman–Crippen MR) is 109 cm³/mol. The summed E-state index contributed by atoms with van der Waals surface area (Å²) in [6.07, 6.45) is 2.16. The Bertz CT molecular complexity index is 837. The Balaban J connectivity index is 1.48. The summed E-state index contributed by atoms with van der Waals surface area (Å²) >= 11 is 12.0. The van der Waals surface area contributed by atoms with Gasteiger partial charge >= 0.3 is 0 Å². The van der Waals surface area contributed by atoms with Crippen LogP contribution in [0.4, 0.5) is 5.69 Å². The standard InChI is InChI=1S/C21H22Cl2N2O2/c1-2-3-20(26)25-15-7-4-13(5-8-15)12-24-21(27)17-11-16(17)14-6-9-18(22)19(23)10-14/h4-10,16-17H,2-3,11-12H2,1H3,(H,24,27)(H,25,26). The second kappa shape index (κ2) is 8.77. The fourth-order valence-electron chi connectivity index (χ4n) is 3.07. The summed E-state index contributed by atoms with van der Waals surface area (Å²) in [5, 5.41) is 6.88. The quantitative estimate of drug-likeness (QED) is 0.669. The van der Waals surface area contributed by atoms with Gasteiger partial charge in [0.25, 0.3) is 0 Å². The molecule has 142 valence electrons. The summed E-state index contributed by atoms with van der Waals surface area (Å²) in [4.78, 5) is 24.0. The number of anilines is 1. The number of benzene rings is 2. The summed E-state index contributed by atoms with van der Waals surface area (Å²) in [6.45, 7) is 2.43. The first kappa shape index (κ1) is 19.7. The molecule has 0 aliphatic heterocycles. The number of hydrogen-bond acceptors (Lipinski definition) is 2. The minimum Gasteiger partial charge on any atom is -0.352 e. The molecular formula is C21H22Cl2N2O2. The van der Waals surface area contributed by atoms with Gasteiger partial charge in [-0.15, -0.1) is 0 Å². The molecule has 1 saturated carbocycles. The first-order chi connectivity index (χ1) is 13.0. The maximum absolute atomic E-state index is 12.4. The molecule has 2 amide bonds. The predicted octanol–water partition coefficient (Wildman–Crippen LogP) is 5.15. The van der Waals surface area contributed by atoms with Crippen LogP contribution in [0.2, 0.25) is 10.0 Å². The Hall–Kier alpha value is -2.04. The molecule has 4 nitrogen and oxygen atoms in total. The van der Waals surface area contributed by atoms with Gasteiger partial charge in [0.15, 0.2) is 0 Å². The van der Waals surface area contributed by atoms with Crippen LogP contribution in [-0.2, 0) is 16.1 Å². The highest BCUT2D eigenvalue weighted by molar-refractivity contribution is 6.42. The highest BCUT2D eigenvalue weighted by Gasteiger charge is 2.43. The number of nitrogens with one attached hydrogen (secondary N) is 2. The average molecular weight is 405 g/mol. The molecule has 0 spiro atoms. The van der Waals surface area contributed by atoms with Gasteiger partial charge in [0.05, 0.1) is 10.0 Å². The lowest BCUT2D eigenvalue weighted by Gasteiger charge is -2.08. The molecule has 0 radical (unpaired) electrons. The minimum absolute atomic E-state index is 0.0145. The van der Waals surface area contributed by atoms with E-state index in [0.717, 1.165) is 29.7 Å². The second-order valence-corrected chi connectivity index (χ2v) is 7.65. The second-order valence-electron chi connectivity index (χ2n) is 6.84. The van der Waals surface area contributed by atoms with Crippen molar-refractivity contribution in [3.63, 3.8) is 0 Å². The van der Waals surface area contributed by atoms with Crippen molar-refractivity contribution in [1.82, 2.24) is 5.32 Å². The Morgan fingerprint density at radius 1 is 1.07 bits per heavy atom. The third-order valence-electron chi connectivity index (χ3n) is 4.68. The van der Waals surface area contributed by atoms with Crippen LogP contribution in [0.5, 0.6) is 0 Å². The topological polar surface area (TPSA) is 58.2 Å². The number of hydrogen-bond donors (Lipinski definition) is 2. The zero-order chi connectivity index (χ0) is 19.4. The van der Waals surface area contributed by atoms with Crippen molar-refractivity contribution in [2.45, 2.75) is 38.6 Å². The van der Waals surface area contributed by atoms with E-state index in [1.165, 1.54) is 0 Å². The normalized spacial score (nSPS) is 18.0. The summed E-state index contributed by atoms with van der Waals surface area (Å²) < 4.78 is 0. The van der Waals surface area contributed by atoms with Crippen LogP contribution in [-0.4, -0.2) is 11.8 Å². The fraction of sp³-hybridized carbons (Fsp3) is 0.333. The molecular weight excluding hydrogens is 383 g/mol. The van der Waals surface area contributed by atoms with E-state index in [1.54, 1.807) is 6.07 Å². The summed E-state index contributed by atoms with van der Waals surface area (Å²) in [6, 6.07) is 13.1. The van der Waals surface area contributed by atoms with Crippen molar-refractivity contribution in [3.8, 4) is 0 Å². The zero-order valence-corrected chi connectivity index (χ0v) is 16.6. The Kier molecular flexibility index (Phi) is 6.40. The molecule has 6 heteroatoms. The van der Waals surface area contributed by atoms with E-state index in [2.05, 4.69) is 10.6 Å². The van der Waals surface area contributed by atoms with E-state index in [-0.39, 0.29) is 23.7 Å². The maximum atomic E-state index is 12.4. The lowest BCUT2D eigenvalue weighted by atomic mass is 10.1. The van der Waals surface area contributed by atoms with E-state index in [9.17, 15) is 9.59 Å². The summed E-state index contributed by atoms with van der Waals surface area (Å²) in [5.74, 6) is 0.248. The molecule has 2 atom stereocenters. The molecule has 2 aromatic carbocycles. The van der Waals surface area contributed by atoms with Crippen LogP contribution >= 0.6 is 23.2 Å². The zero-order valence-electron chi connectivity index (χ0n) is 15.1. The van der Waals surface area contributed by atoms with Crippen LogP contribution in [0.3, 0.4) is 0 Å². The average Bonchev–Trinajstić information content (AvgIpc) is 3.44. The molecule has 27 heavy (non-hydrogen) atoms. The molecule has 3 rings (SSSR count). The van der Waals surface area contributed by atoms with Crippen LogP contribution < -0.4 is 10.6 Å². The van der Waals surface area contributed by atoms with Gasteiger partial charge in [-0.3, -0.25) is 9.59 Å². The maximum Gasteiger partial charge on any atom is 0.224 e. The lowest BCUT2D eigenvalue weighted by molar-refractivity contribution is -0.122. The van der Waals surface area contributed by atoms with Crippen molar-refractivity contribution in [2.24, 2.45) is 5.92 Å². The number of halogens is 2. The minimum atomic E-state index is -0.0187. The Morgan fingerprint density at radius 3 is 2.48 bits per heavy atom. The number of rotatable bonds is 7. The third-order valence-corrected chi connectivity index (χ3v) is 5.42. The van der Waals surface area contributed by atoms with Gasteiger partial charge in [-0.1, -0.05) is 48.3 Å².